The number of aromatic nitrogens is 1. The van der Waals surface area contributed by atoms with Crippen LogP contribution in [-0.4, -0.2) is 11.5 Å². The Hall–Kier alpha value is -1.67. The lowest BCUT2D eigenvalue weighted by Crippen LogP contribution is -2.23. The molecule has 1 aromatic heterocycles. The fraction of sp³-hybridized carbons (Fsp3) is 0.353. The molecule has 1 unspecified atom stereocenters. The fourth-order valence-corrected chi connectivity index (χ4v) is 2.39. The van der Waals surface area contributed by atoms with Crippen LogP contribution in [0.2, 0.25) is 0 Å². The van der Waals surface area contributed by atoms with E-state index in [1.54, 1.807) is 0 Å². The number of hydrogen-bond acceptors (Lipinski definition) is 2. The van der Waals surface area contributed by atoms with Crippen LogP contribution in [0, 0.1) is 6.92 Å². The predicted octanol–water partition coefficient (Wildman–Crippen LogP) is 3.65. The van der Waals surface area contributed by atoms with Crippen LogP contribution in [0.25, 0.3) is 0 Å². The smallest absolute Gasteiger partial charge is 0.0580 e. The molecule has 100 valence electrons. The molecule has 0 bridgehead atoms. The Kier molecular flexibility index (Phi) is 4.69. The first-order chi connectivity index (χ1) is 9.26. The van der Waals surface area contributed by atoms with Gasteiger partial charge >= 0.3 is 0 Å². The lowest BCUT2D eigenvalue weighted by atomic mass is 9.94. The Bertz CT molecular complexity index is 517. The summed E-state index contributed by atoms with van der Waals surface area (Å²) in [7, 11) is 0. The number of aryl methyl sites for hydroxylation is 2. The van der Waals surface area contributed by atoms with Crippen molar-refractivity contribution in [2.75, 3.05) is 6.54 Å². The first kappa shape index (κ1) is 13.8. The van der Waals surface area contributed by atoms with Crippen LogP contribution in [0.4, 0.5) is 0 Å². The minimum Gasteiger partial charge on any atom is -0.307 e. The van der Waals surface area contributed by atoms with Crippen molar-refractivity contribution in [3.8, 4) is 0 Å². The zero-order chi connectivity index (χ0) is 13.7. The van der Waals surface area contributed by atoms with Crippen LogP contribution in [-0.2, 0) is 6.42 Å². The maximum Gasteiger partial charge on any atom is 0.0580 e. The molecule has 0 aliphatic carbocycles. The van der Waals surface area contributed by atoms with Crippen molar-refractivity contribution in [3.05, 3.63) is 65.0 Å². The minimum absolute atomic E-state index is 0.253. The van der Waals surface area contributed by atoms with Gasteiger partial charge < -0.3 is 5.32 Å². The third-order valence-corrected chi connectivity index (χ3v) is 3.45. The molecule has 0 saturated carbocycles. The molecule has 0 radical (unpaired) electrons. The third-order valence-electron chi connectivity index (χ3n) is 3.45. The molecule has 2 rings (SSSR count). The van der Waals surface area contributed by atoms with Crippen LogP contribution in [0.15, 0.2) is 42.7 Å². The molecule has 0 spiro atoms. The van der Waals surface area contributed by atoms with Crippen molar-refractivity contribution in [2.24, 2.45) is 0 Å². The third kappa shape index (κ3) is 3.21. The molecule has 2 heteroatoms. The second kappa shape index (κ2) is 6.48. The molecule has 0 aliphatic rings. The first-order valence-electron chi connectivity index (χ1n) is 6.99. The maximum atomic E-state index is 4.24. The molecule has 1 N–H and O–H groups in total. The molecule has 0 amide bonds. The Morgan fingerprint density at radius 1 is 1.11 bits per heavy atom. The predicted molar refractivity (Wildman–Crippen MR) is 80.3 cm³/mol. The SMILES string of the molecule is CCNC(c1ccc(C)cc1)c1ccncc1CC. The van der Waals surface area contributed by atoms with E-state index in [9.17, 15) is 0 Å². The molecule has 1 atom stereocenters. The van der Waals surface area contributed by atoms with Crippen molar-refractivity contribution >= 4 is 0 Å². The monoisotopic (exact) mass is 254 g/mol. The topological polar surface area (TPSA) is 24.9 Å². The van der Waals surface area contributed by atoms with Crippen molar-refractivity contribution < 1.29 is 0 Å². The van der Waals surface area contributed by atoms with Crippen molar-refractivity contribution in [1.82, 2.24) is 10.3 Å². The van der Waals surface area contributed by atoms with E-state index in [-0.39, 0.29) is 6.04 Å². The van der Waals surface area contributed by atoms with Gasteiger partial charge in [-0.15, -0.1) is 0 Å². The van der Waals surface area contributed by atoms with Gasteiger partial charge in [-0.05, 0) is 42.6 Å². The molecule has 2 nitrogen and oxygen atoms in total. The maximum absolute atomic E-state index is 4.24. The molecule has 0 fully saturated rings. The van der Waals surface area contributed by atoms with Gasteiger partial charge in [0.2, 0.25) is 0 Å². The van der Waals surface area contributed by atoms with Gasteiger partial charge in [-0.1, -0.05) is 43.7 Å². The average molecular weight is 254 g/mol. The summed E-state index contributed by atoms with van der Waals surface area (Å²) in [6.45, 7) is 7.40. The Balaban J connectivity index is 2.42. The van der Waals surface area contributed by atoms with Crippen molar-refractivity contribution in [1.29, 1.82) is 0 Å². The largest absolute Gasteiger partial charge is 0.307 e. The quantitative estimate of drug-likeness (QED) is 0.881. The van der Waals surface area contributed by atoms with E-state index in [0.29, 0.717) is 0 Å². The molecule has 0 aliphatic heterocycles. The molecule has 1 heterocycles. The van der Waals surface area contributed by atoms with Crippen LogP contribution in [0.1, 0.15) is 42.1 Å². The number of nitrogens with zero attached hydrogens (tertiary/aromatic N) is 1. The van der Waals surface area contributed by atoms with Gasteiger partial charge in [0, 0.05) is 12.4 Å². The van der Waals surface area contributed by atoms with Crippen molar-refractivity contribution in [2.45, 2.75) is 33.2 Å². The first-order valence-corrected chi connectivity index (χ1v) is 6.99. The van der Waals surface area contributed by atoms with Gasteiger partial charge in [-0.3, -0.25) is 4.98 Å². The number of pyridine rings is 1. The summed E-state index contributed by atoms with van der Waals surface area (Å²) < 4.78 is 0. The molecule has 0 saturated heterocycles. The summed E-state index contributed by atoms with van der Waals surface area (Å²) >= 11 is 0. The molecule has 1 aromatic carbocycles. The summed E-state index contributed by atoms with van der Waals surface area (Å²) in [5, 5.41) is 3.58. The fourth-order valence-electron chi connectivity index (χ4n) is 2.39. The summed E-state index contributed by atoms with van der Waals surface area (Å²) in [5.74, 6) is 0. The van der Waals surface area contributed by atoms with Crippen LogP contribution in [0.5, 0.6) is 0 Å². The standard InChI is InChI=1S/C17H22N2/c1-4-14-12-18-11-10-16(14)17(19-5-2)15-8-6-13(3)7-9-15/h6-12,17,19H,4-5H2,1-3H3. The Labute approximate surface area is 115 Å². The normalized spacial score (nSPS) is 12.4. The van der Waals surface area contributed by atoms with Crippen LogP contribution in [0.3, 0.4) is 0 Å². The van der Waals surface area contributed by atoms with E-state index in [1.165, 1.54) is 22.3 Å². The average Bonchev–Trinajstić information content (AvgIpc) is 2.46. The molecular weight excluding hydrogens is 232 g/mol. The number of benzene rings is 1. The second-order valence-corrected chi connectivity index (χ2v) is 4.83. The van der Waals surface area contributed by atoms with Crippen LogP contribution < -0.4 is 5.32 Å². The van der Waals surface area contributed by atoms with E-state index in [4.69, 9.17) is 0 Å². The van der Waals surface area contributed by atoms with Gasteiger partial charge in [0.05, 0.1) is 6.04 Å². The molecular formula is C17H22N2. The zero-order valence-electron chi connectivity index (χ0n) is 12.0. The van der Waals surface area contributed by atoms with E-state index < -0.39 is 0 Å². The second-order valence-electron chi connectivity index (χ2n) is 4.83. The Morgan fingerprint density at radius 3 is 2.47 bits per heavy atom. The number of hydrogen-bond donors (Lipinski definition) is 1. The van der Waals surface area contributed by atoms with E-state index in [2.05, 4.69) is 61.4 Å². The van der Waals surface area contributed by atoms with E-state index in [0.717, 1.165) is 13.0 Å². The van der Waals surface area contributed by atoms with Gasteiger partial charge in [0.25, 0.3) is 0 Å². The summed E-state index contributed by atoms with van der Waals surface area (Å²) in [6.07, 6.45) is 4.87. The summed E-state index contributed by atoms with van der Waals surface area (Å²) in [5.41, 5.74) is 5.26. The highest BCUT2D eigenvalue weighted by Gasteiger charge is 2.15. The van der Waals surface area contributed by atoms with E-state index in [1.807, 2.05) is 12.4 Å². The van der Waals surface area contributed by atoms with Crippen molar-refractivity contribution in [3.63, 3.8) is 0 Å². The highest BCUT2D eigenvalue weighted by Crippen LogP contribution is 2.25. The number of rotatable bonds is 5. The minimum atomic E-state index is 0.253. The lowest BCUT2D eigenvalue weighted by Gasteiger charge is -2.21. The highest BCUT2D eigenvalue weighted by atomic mass is 14.9. The highest BCUT2D eigenvalue weighted by molar-refractivity contribution is 5.36. The Morgan fingerprint density at radius 2 is 1.84 bits per heavy atom. The summed E-state index contributed by atoms with van der Waals surface area (Å²) in [4.78, 5) is 4.24. The zero-order valence-corrected chi connectivity index (χ0v) is 12.0. The van der Waals surface area contributed by atoms with Gasteiger partial charge in [0.1, 0.15) is 0 Å². The molecule has 2 aromatic rings. The van der Waals surface area contributed by atoms with Crippen LogP contribution >= 0.6 is 0 Å². The molecule has 19 heavy (non-hydrogen) atoms. The van der Waals surface area contributed by atoms with Gasteiger partial charge in [0.15, 0.2) is 0 Å². The lowest BCUT2D eigenvalue weighted by molar-refractivity contribution is 0.624. The van der Waals surface area contributed by atoms with Gasteiger partial charge in [-0.25, -0.2) is 0 Å². The number of nitrogens with one attached hydrogen (secondary N) is 1. The van der Waals surface area contributed by atoms with Gasteiger partial charge in [-0.2, -0.15) is 0 Å². The summed E-state index contributed by atoms with van der Waals surface area (Å²) in [6, 6.07) is 11.2. The van der Waals surface area contributed by atoms with E-state index >= 15 is 0 Å².